The molecular weight excluding hydrogens is 334 g/mol. The number of carbonyl (C=O) groups is 1. The number of hydrogen-bond donors (Lipinski definition) is 1. The van der Waals surface area contributed by atoms with Crippen molar-refractivity contribution in [3.05, 3.63) is 48.3 Å². The van der Waals surface area contributed by atoms with Gasteiger partial charge in [-0.2, -0.15) is 0 Å². The molecule has 0 bridgehead atoms. The summed E-state index contributed by atoms with van der Waals surface area (Å²) < 4.78 is 0.906. The summed E-state index contributed by atoms with van der Waals surface area (Å²) in [5, 5.41) is 20.5. The second-order valence-electron chi connectivity index (χ2n) is 6.89. The van der Waals surface area contributed by atoms with Gasteiger partial charge in [0.15, 0.2) is 5.16 Å². The highest BCUT2D eigenvalue weighted by molar-refractivity contribution is 8.01. The molecule has 6 heteroatoms. The minimum Gasteiger partial charge on any atom is -0.480 e. The fourth-order valence-electron chi connectivity index (χ4n) is 3.00. The first-order valence-corrected chi connectivity index (χ1v) is 9.13. The summed E-state index contributed by atoms with van der Waals surface area (Å²) in [5.74, 6) is -0.208. The Morgan fingerprint density at radius 1 is 1.20 bits per heavy atom. The molecule has 128 valence electrons. The number of aromatic nitrogens is 3. The van der Waals surface area contributed by atoms with Crippen LogP contribution >= 0.6 is 11.8 Å². The highest BCUT2D eigenvalue weighted by Gasteiger charge is 2.31. The molecule has 0 unspecified atom stereocenters. The lowest BCUT2D eigenvalue weighted by atomic mass is 9.99. The van der Waals surface area contributed by atoms with Gasteiger partial charge in [0.1, 0.15) is 11.1 Å². The maximum absolute atomic E-state index is 11.5. The number of aliphatic carboxylic acids is 1. The summed E-state index contributed by atoms with van der Waals surface area (Å²) in [7, 11) is 0. The molecule has 25 heavy (non-hydrogen) atoms. The van der Waals surface area contributed by atoms with E-state index in [2.05, 4.69) is 40.5 Å². The number of benzene rings is 2. The highest BCUT2D eigenvalue weighted by atomic mass is 32.2. The zero-order valence-corrected chi connectivity index (χ0v) is 15.0. The van der Waals surface area contributed by atoms with Gasteiger partial charge in [-0.05, 0) is 49.6 Å². The molecule has 1 saturated carbocycles. The highest BCUT2D eigenvalue weighted by Crippen LogP contribution is 2.44. The van der Waals surface area contributed by atoms with Gasteiger partial charge >= 0.3 is 5.97 Å². The van der Waals surface area contributed by atoms with E-state index in [1.54, 1.807) is 20.2 Å². The second-order valence-corrected chi connectivity index (χ2v) is 8.48. The molecule has 1 N–H and O–H groups in total. The Kier molecular flexibility index (Phi) is 3.80. The van der Waals surface area contributed by atoms with Gasteiger partial charge in [-0.1, -0.05) is 42.1 Å². The molecule has 2 aromatic carbocycles. The number of rotatable bonds is 5. The van der Waals surface area contributed by atoms with Crippen molar-refractivity contribution in [3.8, 4) is 5.69 Å². The summed E-state index contributed by atoms with van der Waals surface area (Å²) in [6.45, 7) is 3.35. The summed E-state index contributed by atoms with van der Waals surface area (Å²) in [6.07, 6.45) is 4.16. The topological polar surface area (TPSA) is 68.0 Å². The van der Waals surface area contributed by atoms with E-state index in [4.69, 9.17) is 0 Å². The van der Waals surface area contributed by atoms with Crippen LogP contribution in [0.1, 0.15) is 38.2 Å². The molecule has 1 fully saturated rings. The second kappa shape index (κ2) is 5.88. The van der Waals surface area contributed by atoms with Crippen molar-refractivity contribution in [2.75, 3.05) is 0 Å². The third kappa shape index (κ3) is 2.91. The number of fused-ring (bicyclic) bond motifs is 1. The van der Waals surface area contributed by atoms with Crippen LogP contribution in [-0.2, 0) is 4.79 Å². The van der Waals surface area contributed by atoms with Crippen LogP contribution in [-0.4, -0.2) is 30.6 Å². The van der Waals surface area contributed by atoms with Crippen molar-refractivity contribution in [1.29, 1.82) is 0 Å². The van der Waals surface area contributed by atoms with Crippen LogP contribution in [0.3, 0.4) is 0 Å². The van der Waals surface area contributed by atoms with Crippen LogP contribution in [0.2, 0.25) is 0 Å². The standard InChI is InChI=1S/C19H19N3O2S/c1-19(2,17(23)24)25-18-21-20-11-22(18)16-10-9-13(12-7-8-12)14-5-3-4-6-15(14)16/h3-6,9-12H,7-8H2,1-2H3,(H,23,24). The van der Waals surface area contributed by atoms with E-state index >= 15 is 0 Å². The summed E-state index contributed by atoms with van der Waals surface area (Å²) >= 11 is 1.20. The van der Waals surface area contributed by atoms with Crippen molar-refractivity contribution < 1.29 is 9.90 Å². The zero-order chi connectivity index (χ0) is 17.6. The van der Waals surface area contributed by atoms with Crippen molar-refractivity contribution in [2.45, 2.75) is 42.5 Å². The normalized spacial score (nSPS) is 14.8. The third-order valence-corrected chi connectivity index (χ3v) is 5.74. The van der Waals surface area contributed by atoms with E-state index < -0.39 is 10.7 Å². The van der Waals surface area contributed by atoms with Gasteiger partial charge in [-0.3, -0.25) is 9.36 Å². The number of thioether (sulfide) groups is 1. The average molecular weight is 353 g/mol. The van der Waals surface area contributed by atoms with Crippen molar-refractivity contribution in [2.24, 2.45) is 0 Å². The predicted octanol–water partition coefficient (Wildman–Crippen LogP) is 4.25. The minimum atomic E-state index is -0.978. The van der Waals surface area contributed by atoms with Crippen molar-refractivity contribution in [1.82, 2.24) is 14.8 Å². The van der Waals surface area contributed by atoms with E-state index in [9.17, 15) is 9.90 Å². The fraction of sp³-hybridized carbons (Fsp3) is 0.316. The first-order valence-electron chi connectivity index (χ1n) is 8.32. The maximum atomic E-state index is 11.5. The molecule has 1 aliphatic carbocycles. The Labute approximate surface area is 150 Å². The smallest absolute Gasteiger partial charge is 0.319 e. The quantitative estimate of drug-likeness (QED) is 0.694. The monoisotopic (exact) mass is 353 g/mol. The molecular formula is C19H19N3O2S. The molecule has 0 spiro atoms. The van der Waals surface area contributed by atoms with Crippen LogP contribution in [0, 0.1) is 0 Å². The van der Waals surface area contributed by atoms with Gasteiger partial charge in [0.05, 0.1) is 5.69 Å². The van der Waals surface area contributed by atoms with Gasteiger partial charge in [0, 0.05) is 5.39 Å². The SMILES string of the molecule is CC(C)(Sc1nncn1-c1ccc(C2CC2)c2ccccc12)C(=O)O. The summed E-state index contributed by atoms with van der Waals surface area (Å²) in [5.41, 5.74) is 2.38. The fourth-order valence-corrected chi connectivity index (χ4v) is 3.87. The Morgan fingerprint density at radius 3 is 2.60 bits per heavy atom. The molecule has 3 aromatic rings. The van der Waals surface area contributed by atoms with Gasteiger partial charge in [-0.25, -0.2) is 0 Å². The van der Waals surface area contributed by atoms with E-state index in [0.29, 0.717) is 11.1 Å². The first kappa shape index (κ1) is 16.1. The van der Waals surface area contributed by atoms with Crippen LogP contribution in [0.5, 0.6) is 0 Å². The first-order chi connectivity index (χ1) is 12.0. The molecule has 5 nitrogen and oxygen atoms in total. The molecule has 0 atom stereocenters. The van der Waals surface area contributed by atoms with Crippen molar-refractivity contribution in [3.63, 3.8) is 0 Å². The van der Waals surface area contributed by atoms with E-state index in [-0.39, 0.29) is 0 Å². The summed E-state index contributed by atoms with van der Waals surface area (Å²) in [4.78, 5) is 11.5. The van der Waals surface area contributed by atoms with Crippen molar-refractivity contribution >= 4 is 28.5 Å². The molecule has 4 rings (SSSR count). The number of carboxylic acid groups (broad SMARTS) is 1. The largest absolute Gasteiger partial charge is 0.480 e. The predicted molar refractivity (Wildman–Crippen MR) is 98.4 cm³/mol. The molecule has 0 aliphatic heterocycles. The van der Waals surface area contributed by atoms with E-state index in [0.717, 1.165) is 11.1 Å². The Hall–Kier alpha value is -2.34. The van der Waals surface area contributed by atoms with Crippen LogP contribution in [0.4, 0.5) is 0 Å². The molecule has 1 aromatic heterocycles. The maximum Gasteiger partial charge on any atom is 0.319 e. The molecule has 1 aliphatic rings. The molecule has 0 radical (unpaired) electrons. The van der Waals surface area contributed by atoms with Gasteiger partial charge in [0.25, 0.3) is 0 Å². The molecule has 0 saturated heterocycles. The lowest BCUT2D eigenvalue weighted by molar-refractivity contribution is -0.138. The lowest BCUT2D eigenvalue weighted by Gasteiger charge is -2.19. The van der Waals surface area contributed by atoms with Crippen LogP contribution in [0.15, 0.2) is 47.9 Å². The van der Waals surface area contributed by atoms with Gasteiger partial charge < -0.3 is 5.11 Å². The summed E-state index contributed by atoms with van der Waals surface area (Å²) in [6, 6.07) is 12.6. The Balaban J connectivity index is 1.83. The van der Waals surface area contributed by atoms with E-state index in [1.165, 1.54) is 35.6 Å². The number of hydrogen-bond acceptors (Lipinski definition) is 4. The van der Waals surface area contributed by atoms with Gasteiger partial charge in [-0.15, -0.1) is 10.2 Å². The van der Waals surface area contributed by atoms with Crippen LogP contribution < -0.4 is 0 Å². The van der Waals surface area contributed by atoms with E-state index in [1.807, 2.05) is 10.6 Å². The zero-order valence-electron chi connectivity index (χ0n) is 14.1. The molecule has 1 heterocycles. The number of nitrogens with zero attached hydrogens (tertiary/aromatic N) is 3. The minimum absolute atomic E-state index is 0.580. The van der Waals surface area contributed by atoms with Crippen LogP contribution in [0.25, 0.3) is 16.5 Å². The van der Waals surface area contributed by atoms with Gasteiger partial charge in [0.2, 0.25) is 0 Å². The Morgan fingerprint density at radius 2 is 1.92 bits per heavy atom. The molecule has 0 amide bonds. The average Bonchev–Trinajstić information content (AvgIpc) is 3.34. The third-order valence-electron chi connectivity index (χ3n) is 4.59. The Bertz CT molecular complexity index is 960. The number of carboxylic acids is 1. The lowest BCUT2D eigenvalue weighted by Crippen LogP contribution is -2.27.